The molecule has 0 aliphatic heterocycles. The molecule has 0 saturated carbocycles. The lowest BCUT2D eigenvalue weighted by Gasteiger charge is -2.19. The third-order valence-electron chi connectivity index (χ3n) is 2.58. The van der Waals surface area contributed by atoms with Crippen LogP contribution in [-0.4, -0.2) is 47.4 Å². The molecule has 20 heavy (non-hydrogen) atoms. The predicted molar refractivity (Wildman–Crippen MR) is 70.2 cm³/mol. The molecule has 1 heterocycles. The molecule has 2 N–H and O–H groups in total. The summed E-state index contributed by atoms with van der Waals surface area (Å²) in [5.41, 5.74) is 0.383. The van der Waals surface area contributed by atoms with Crippen molar-refractivity contribution in [2.24, 2.45) is 0 Å². The van der Waals surface area contributed by atoms with E-state index >= 15 is 0 Å². The van der Waals surface area contributed by atoms with Gasteiger partial charge in [-0.1, -0.05) is 6.92 Å². The maximum atomic E-state index is 11.8. The molecular weight excluding hydrogens is 264 g/mol. The first-order valence-electron chi connectivity index (χ1n) is 6.34. The highest BCUT2D eigenvalue weighted by atomic mass is 16.4. The standard InChI is InChI=1S/C13H18N2O5/c1-2-6-15(8-12(17)18)11(16)3-5-14-13(19)10-4-7-20-9-10/h4,7,9H,2-3,5-6,8H2,1H3,(H,14,19)(H,17,18). The van der Waals surface area contributed by atoms with E-state index in [1.165, 1.54) is 23.5 Å². The highest BCUT2D eigenvalue weighted by molar-refractivity contribution is 5.94. The first-order chi connectivity index (χ1) is 9.54. The van der Waals surface area contributed by atoms with Crippen LogP contribution in [0.25, 0.3) is 0 Å². The molecule has 0 atom stereocenters. The highest BCUT2D eigenvalue weighted by Crippen LogP contribution is 2.00. The van der Waals surface area contributed by atoms with E-state index in [9.17, 15) is 14.4 Å². The Labute approximate surface area is 116 Å². The molecule has 0 spiro atoms. The van der Waals surface area contributed by atoms with Gasteiger partial charge >= 0.3 is 5.97 Å². The molecule has 7 heteroatoms. The van der Waals surface area contributed by atoms with E-state index in [-0.39, 0.29) is 31.3 Å². The summed E-state index contributed by atoms with van der Waals surface area (Å²) in [6, 6.07) is 1.52. The van der Waals surface area contributed by atoms with Gasteiger partial charge in [0.25, 0.3) is 5.91 Å². The number of nitrogens with one attached hydrogen (secondary N) is 1. The molecule has 0 saturated heterocycles. The number of rotatable bonds is 8. The molecule has 0 aliphatic rings. The lowest BCUT2D eigenvalue weighted by molar-refractivity contribution is -0.144. The molecule has 1 aromatic heterocycles. The summed E-state index contributed by atoms with van der Waals surface area (Å²) in [6.07, 6.45) is 3.44. The number of carboxylic acids is 1. The minimum atomic E-state index is -1.05. The number of carbonyl (C=O) groups is 3. The van der Waals surface area contributed by atoms with Crippen molar-refractivity contribution in [2.45, 2.75) is 19.8 Å². The maximum Gasteiger partial charge on any atom is 0.323 e. The van der Waals surface area contributed by atoms with Crippen molar-refractivity contribution in [1.82, 2.24) is 10.2 Å². The van der Waals surface area contributed by atoms with E-state index < -0.39 is 5.97 Å². The minimum Gasteiger partial charge on any atom is -0.480 e. The number of hydrogen-bond donors (Lipinski definition) is 2. The zero-order chi connectivity index (χ0) is 15.0. The Morgan fingerprint density at radius 2 is 2.15 bits per heavy atom. The Morgan fingerprint density at radius 1 is 1.40 bits per heavy atom. The Balaban J connectivity index is 2.37. The molecule has 0 bridgehead atoms. The molecule has 0 unspecified atom stereocenters. The summed E-state index contributed by atoms with van der Waals surface area (Å²) in [6.45, 7) is 2.09. The van der Waals surface area contributed by atoms with E-state index in [0.717, 1.165) is 0 Å². The second-order valence-electron chi connectivity index (χ2n) is 4.23. The number of nitrogens with zero attached hydrogens (tertiary/aromatic N) is 1. The van der Waals surface area contributed by atoms with Gasteiger partial charge in [-0.05, 0) is 12.5 Å². The van der Waals surface area contributed by atoms with Crippen molar-refractivity contribution in [1.29, 1.82) is 0 Å². The maximum absolute atomic E-state index is 11.8. The van der Waals surface area contributed by atoms with E-state index in [0.29, 0.717) is 18.5 Å². The summed E-state index contributed by atoms with van der Waals surface area (Å²) in [7, 11) is 0. The van der Waals surface area contributed by atoms with Crippen LogP contribution in [0.15, 0.2) is 23.0 Å². The van der Waals surface area contributed by atoms with Crippen LogP contribution < -0.4 is 5.32 Å². The second kappa shape index (κ2) is 7.98. The number of amides is 2. The summed E-state index contributed by atoms with van der Waals surface area (Å²) < 4.78 is 4.78. The van der Waals surface area contributed by atoms with Gasteiger partial charge < -0.3 is 19.7 Å². The normalized spacial score (nSPS) is 10.1. The first-order valence-corrected chi connectivity index (χ1v) is 6.34. The van der Waals surface area contributed by atoms with Gasteiger partial charge in [0, 0.05) is 19.5 Å². The fourth-order valence-corrected chi connectivity index (χ4v) is 1.66. The van der Waals surface area contributed by atoms with Crippen LogP contribution in [-0.2, 0) is 9.59 Å². The number of furan rings is 1. The van der Waals surface area contributed by atoms with E-state index in [2.05, 4.69) is 5.32 Å². The Hall–Kier alpha value is -2.31. The first kappa shape index (κ1) is 15.7. The Bertz CT molecular complexity index is 455. The molecule has 7 nitrogen and oxygen atoms in total. The highest BCUT2D eigenvalue weighted by Gasteiger charge is 2.16. The molecule has 2 amide bonds. The number of carboxylic acid groups (broad SMARTS) is 1. The predicted octanol–water partition coefficient (Wildman–Crippen LogP) is 0.723. The molecule has 0 radical (unpaired) electrons. The third-order valence-corrected chi connectivity index (χ3v) is 2.58. The summed E-state index contributed by atoms with van der Waals surface area (Å²) >= 11 is 0. The van der Waals surface area contributed by atoms with Gasteiger partial charge in [-0.15, -0.1) is 0 Å². The summed E-state index contributed by atoms with van der Waals surface area (Å²) in [4.78, 5) is 35.3. The molecular formula is C13H18N2O5. The second-order valence-corrected chi connectivity index (χ2v) is 4.23. The van der Waals surface area contributed by atoms with Crippen LogP contribution in [0.5, 0.6) is 0 Å². The minimum absolute atomic E-state index is 0.0663. The number of carbonyl (C=O) groups excluding carboxylic acids is 2. The Kier molecular flexibility index (Phi) is 6.28. The number of aliphatic carboxylic acids is 1. The lowest BCUT2D eigenvalue weighted by Crippen LogP contribution is -2.38. The van der Waals surface area contributed by atoms with Gasteiger partial charge in [-0.3, -0.25) is 14.4 Å². The SMILES string of the molecule is CCCN(CC(=O)O)C(=O)CCNC(=O)c1ccoc1. The van der Waals surface area contributed by atoms with Crippen LogP contribution in [0.1, 0.15) is 30.1 Å². The van der Waals surface area contributed by atoms with E-state index in [1.54, 1.807) is 0 Å². The average molecular weight is 282 g/mol. The van der Waals surface area contributed by atoms with E-state index in [4.69, 9.17) is 9.52 Å². The van der Waals surface area contributed by atoms with Crippen molar-refractivity contribution < 1.29 is 23.9 Å². The van der Waals surface area contributed by atoms with Crippen molar-refractivity contribution in [2.75, 3.05) is 19.6 Å². The zero-order valence-electron chi connectivity index (χ0n) is 11.3. The Morgan fingerprint density at radius 3 is 2.70 bits per heavy atom. The van der Waals surface area contributed by atoms with Gasteiger partial charge in [0.1, 0.15) is 12.8 Å². The molecule has 0 fully saturated rings. The van der Waals surface area contributed by atoms with Gasteiger partial charge in [-0.25, -0.2) is 0 Å². The van der Waals surface area contributed by atoms with Crippen LogP contribution in [0.3, 0.4) is 0 Å². The molecule has 0 aliphatic carbocycles. The smallest absolute Gasteiger partial charge is 0.323 e. The average Bonchev–Trinajstić information content (AvgIpc) is 2.91. The van der Waals surface area contributed by atoms with Crippen molar-refractivity contribution in [3.63, 3.8) is 0 Å². The summed E-state index contributed by atoms with van der Waals surface area (Å²) in [5, 5.41) is 11.3. The van der Waals surface area contributed by atoms with Crippen molar-refractivity contribution in [3.8, 4) is 0 Å². The quantitative estimate of drug-likeness (QED) is 0.732. The van der Waals surface area contributed by atoms with Crippen molar-refractivity contribution >= 4 is 17.8 Å². The molecule has 1 rings (SSSR count). The fourth-order valence-electron chi connectivity index (χ4n) is 1.66. The largest absolute Gasteiger partial charge is 0.480 e. The number of hydrogen-bond acceptors (Lipinski definition) is 4. The van der Waals surface area contributed by atoms with Crippen LogP contribution in [0.4, 0.5) is 0 Å². The monoisotopic (exact) mass is 282 g/mol. The summed E-state index contributed by atoms with van der Waals surface area (Å²) in [5.74, 6) is -1.66. The van der Waals surface area contributed by atoms with Gasteiger partial charge in [0.15, 0.2) is 0 Å². The van der Waals surface area contributed by atoms with E-state index in [1.807, 2.05) is 6.92 Å². The van der Waals surface area contributed by atoms with Gasteiger partial charge in [0.05, 0.1) is 11.8 Å². The van der Waals surface area contributed by atoms with Gasteiger partial charge in [-0.2, -0.15) is 0 Å². The lowest BCUT2D eigenvalue weighted by atomic mass is 10.3. The molecule has 110 valence electrons. The van der Waals surface area contributed by atoms with Crippen LogP contribution in [0.2, 0.25) is 0 Å². The molecule has 0 aromatic carbocycles. The molecule has 1 aromatic rings. The topological polar surface area (TPSA) is 99.9 Å². The van der Waals surface area contributed by atoms with Crippen LogP contribution >= 0.6 is 0 Å². The van der Waals surface area contributed by atoms with Gasteiger partial charge in [0.2, 0.25) is 5.91 Å². The zero-order valence-corrected chi connectivity index (χ0v) is 11.3. The van der Waals surface area contributed by atoms with Crippen LogP contribution in [0, 0.1) is 0 Å². The van der Waals surface area contributed by atoms with Crippen molar-refractivity contribution in [3.05, 3.63) is 24.2 Å². The third kappa shape index (κ3) is 5.13. The fraction of sp³-hybridized carbons (Fsp3) is 0.462.